The predicted molar refractivity (Wildman–Crippen MR) is 108 cm³/mol. The van der Waals surface area contributed by atoms with Gasteiger partial charge in [-0.05, 0) is 114 Å². The van der Waals surface area contributed by atoms with E-state index in [1.807, 2.05) is 45.2 Å². The summed E-state index contributed by atoms with van der Waals surface area (Å²) in [6.07, 6.45) is 6.54. The van der Waals surface area contributed by atoms with Crippen LogP contribution in [0.3, 0.4) is 0 Å². The van der Waals surface area contributed by atoms with Gasteiger partial charge < -0.3 is 4.74 Å². The van der Waals surface area contributed by atoms with Crippen molar-refractivity contribution in [3.8, 4) is 5.75 Å². The highest BCUT2D eigenvalue weighted by Crippen LogP contribution is 2.60. The van der Waals surface area contributed by atoms with Gasteiger partial charge in [-0.15, -0.1) is 0 Å². The van der Waals surface area contributed by atoms with Crippen LogP contribution in [0.15, 0.2) is 17.0 Å². The Morgan fingerprint density at radius 2 is 1.48 bits per heavy atom. The van der Waals surface area contributed by atoms with E-state index >= 15 is 0 Å². The summed E-state index contributed by atoms with van der Waals surface area (Å²) in [6.45, 7) is 0. The highest BCUT2D eigenvalue weighted by atomic mass is 127. The molecule has 4 bridgehead atoms. The Morgan fingerprint density at radius 1 is 1.04 bits per heavy atom. The second-order valence-electron chi connectivity index (χ2n) is 7.78. The van der Waals surface area contributed by atoms with Crippen molar-refractivity contribution in [1.82, 2.24) is 0 Å². The lowest BCUT2D eigenvalue weighted by molar-refractivity contribution is -0.161. The van der Waals surface area contributed by atoms with Gasteiger partial charge in [0.15, 0.2) is 0 Å². The van der Waals surface area contributed by atoms with E-state index in [0.717, 1.165) is 19.3 Å². The molecule has 1 aromatic carbocycles. The number of carbonyl (C=O) groups is 1. The summed E-state index contributed by atoms with van der Waals surface area (Å²) in [5.74, 6) is 2.14. The first-order valence-corrected chi connectivity index (χ1v) is 11.9. The largest absolute Gasteiger partial charge is 0.426 e. The maximum atomic E-state index is 13.0. The van der Waals surface area contributed by atoms with E-state index in [1.165, 1.54) is 31.4 Å². The van der Waals surface area contributed by atoms with Gasteiger partial charge in [-0.25, -0.2) is 0 Å². The quantitative estimate of drug-likeness (QED) is 0.247. The molecular weight excluding hydrogens is 570 g/mol. The van der Waals surface area contributed by atoms with Crippen LogP contribution in [0.2, 0.25) is 0 Å². The van der Waals surface area contributed by atoms with Crippen LogP contribution in [-0.4, -0.2) is 18.9 Å². The molecule has 1 aromatic rings. The molecule has 4 aliphatic rings. The molecule has 25 heavy (non-hydrogen) atoms. The molecule has 136 valence electrons. The van der Waals surface area contributed by atoms with Gasteiger partial charge >= 0.3 is 5.97 Å². The first kappa shape index (κ1) is 18.4. The zero-order valence-electron chi connectivity index (χ0n) is 13.4. The number of ether oxygens (including phenoxy) is 1. The Balaban J connectivity index is 1.60. The van der Waals surface area contributed by atoms with Crippen molar-refractivity contribution in [2.24, 2.45) is 23.2 Å². The lowest BCUT2D eigenvalue weighted by Crippen LogP contribution is -2.51. The van der Waals surface area contributed by atoms with Gasteiger partial charge in [-0.1, -0.05) is 0 Å². The summed E-state index contributed by atoms with van der Waals surface area (Å²) in [5.41, 5.74) is -0.354. The fourth-order valence-corrected chi connectivity index (χ4v) is 9.41. The van der Waals surface area contributed by atoms with Crippen LogP contribution in [0.4, 0.5) is 0 Å². The summed E-state index contributed by atoms with van der Waals surface area (Å²) < 4.78 is 38.7. The number of hydrogen-bond donors (Lipinski definition) is 1. The first-order chi connectivity index (χ1) is 11.7. The van der Waals surface area contributed by atoms with E-state index < -0.39 is 10.1 Å². The summed E-state index contributed by atoms with van der Waals surface area (Å²) in [6, 6.07) is 3.01. The standard InChI is InChI=1S/C17H18I2O5S/c18-13-4-12(5-14(19)15(13)25(21,22)23)24-16(20)17-6-9-1-10(7-17)3-11(2-9)8-17/h4-5,9-11H,1-3,6-8H2,(H,21,22,23). The molecule has 0 radical (unpaired) electrons. The highest BCUT2D eigenvalue weighted by molar-refractivity contribution is 14.1. The van der Waals surface area contributed by atoms with Gasteiger partial charge in [0.05, 0.1) is 5.41 Å². The molecule has 0 aliphatic heterocycles. The number of hydrogen-bond acceptors (Lipinski definition) is 4. The van der Waals surface area contributed by atoms with Crippen molar-refractivity contribution >= 4 is 61.3 Å². The topological polar surface area (TPSA) is 80.7 Å². The predicted octanol–water partition coefficient (Wildman–Crippen LogP) is 4.26. The summed E-state index contributed by atoms with van der Waals surface area (Å²) >= 11 is 3.68. The molecule has 0 spiro atoms. The molecule has 0 aromatic heterocycles. The molecule has 4 fully saturated rings. The number of benzene rings is 1. The molecule has 5 rings (SSSR count). The summed E-state index contributed by atoms with van der Waals surface area (Å²) in [5, 5.41) is 0. The van der Waals surface area contributed by atoms with Gasteiger partial charge in [-0.3, -0.25) is 9.35 Å². The van der Waals surface area contributed by atoms with Crippen LogP contribution in [0.5, 0.6) is 5.75 Å². The van der Waals surface area contributed by atoms with Crippen LogP contribution < -0.4 is 4.74 Å². The van der Waals surface area contributed by atoms with Gasteiger partial charge in [-0.2, -0.15) is 8.42 Å². The molecule has 0 heterocycles. The number of halogens is 2. The maximum absolute atomic E-state index is 13.0. The molecular formula is C17H18I2O5S. The average molecular weight is 588 g/mol. The average Bonchev–Trinajstić information content (AvgIpc) is 2.43. The third-order valence-corrected chi connectivity index (χ3v) is 9.30. The zero-order chi connectivity index (χ0) is 18.0. The molecule has 4 aliphatic carbocycles. The van der Waals surface area contributed by atoms with Crippen molar-refractivity contribution in [1.29, 1.82) is 0 Å². The van der Waals surface area contributed by atoms with Crippen LogP contribution in [0.25, 0.3) is 0 Å². The van der Waals surface area contributed by atoms with Crippen LogP contribution in [0, 0.1) is 30.3 Å². The van der Waals surface area contributed by atoms with E-state index in [-0.39, 0.29) is 16.3 Å². The van der Waals surface area contributed by atoms with Gasteiger partial charge in [0, 0.05) is 7.14 Å². The molecule has 5 nitrogen and oxygen atoms in total. The van der Waals surface area contributed by atoms with Gasteiger partial charge in [0.25, 0.3) is 10.1 Å². The van der Waals surface area contributed by atoms with Crippen LogP contribution in [0.1, 0.15) is 38.5 Å². The third kappa shape index (κ3) is 3.36. The number of esters is 1. The Morgan fingerprint density at radius 3 is 1.88 bits per heavy atom. The second-order valence-corrected chi connectivity index (χ2v) is 11.5. The lowest BCUT2D eigenvalue weighted by Gasteiger charge is -2.55. The smallest absolute Gasteiger partial charge is 0.317 e. The third-order valence-electron chi connectivity index (χ3n) is 5.91. The van der Waals surface area contributed by atoms with E-state index in [2.05, 4.69) is 0 Å². The van der Waals surface area contributed by atoms with Crippen molar-refractivity contribution in [2.45, 2.75) is 43.4 Å². The summed E-state index contributed by atoms with van der Waals surface area (Å²) in [4.78, 5) is 12.8. The minimum absolute atomic E-state index is 0.136. The van der Waals surface area contributed by atoms with Crippen LogP contribution >= 0.6 is 45.2 Å². The van der Waals surface area contributed by atoms with Crippen molar-refractivity contribution in [3.63, 3.8) is 0 Å². The molecule has 8 heteroatoms. The van der Waals surface area contributed by atoms with E-state index in [9.17, 15) is 17.8 Å². The Bertz CT molecular complexity index is 790. The van der Waals surface area contributed by atoms with E-state index in [4.69, 9.17) is 4.74 Å². The Kier molecular flexibility index (Phi) is 4.64. The Hall–Kier alpha value is 0.0600. The lowest BCUT2D eigenvalue weighted by atomic mass is 9.49. The van der Waals surface area contributed by atoms with Gasteiger partial charge in [0.1, 0.15) is 10.6 Å². The van der Waals surface area contributed by atoms with Gasteiger partial charge in [0.2, 0.25) is 0 Å². The molecule has 0 atom stereocenters. The molecule has 0 saturated heterocycles. The number of rotatable bonds is 3. The fraction of sp³-hybridized carbons (Fsp3) is 0.588. The van der Waals surface area contributed by atoms with Crippen molar-refractivity contribution < 1.29 is 22.5 Å². The highest BCUT2D eigenvalue weighted by Gasteiger charge is 2.55. The normalized spacial score (nSPS) is 33.5. The molecule has 0 unspecified atom stereocenters. The summed E-state index contributed by atoms with van der Waals surface area (Å²) in [7, 11) is -4.30. The van der Waals surface area contributed by atoms with Crippen LogP contribution in [-0.2, 0) is 14.9 Å². The SMILES string of the molecule is O=C(Oc1cc(I)c(S(=O)(=O)O)c(I)c1)C12CC3CC(CC(C3)C1)C2. The Labute approximate surface area is 174 Å². The molecule has 4 saturated carbocycles. The second kappa shape index (κ2) is 6.30. The molecule has 0 amide bonds. The fourth-order valence-electron chi connectivity index (χ4n) is 5.42. The van der Waals surface area contributed by atoms with E-state index in [1.54, 1.807) is 0 Å². The minimum Gasteiger partial charge on any atom is -0.426 e. The maximum Gasteiger partial charge on any atom is 0.317 e. The van der Waals surface area contributed by atoms with Crippen molar-refractivity contribution in [2.75, 3.05) is 0 Å². The van der Waals surface area contributed by atoms with E-state index in [0.29, 0.717) is 30.6 Å². The monoisotopic (exact) mass is 588 g/mol. The first-order valence-electron chi connectivity index (χ1n) is 8.35. The van der Waals surface area contributed by atoms with Crippen molar-refractivity contribution in [3.05, 3.63) is 19.3 Å². The number of carbonyl (C=O) groups excluding carboxylic acids is 1. The molecule has 1 N–H and O–H groups in total. The minimum atomic E-state index is -4.30. The zero-order valence-corrected chi connectivity index (χ0v) is 18.5.